The van der Waals surface area contributed by atoms with E-state index in [1.807, 2.05) is 44.0 Å². The van der Waals surface area contributed by atoms with Crippen molar-refractivity contribution >= 4 is 11.8 Å². The zero-order valence-electron chi connectivity index (χ0n) is 18.6. The van der Waals surface area contributed by atoms with Crippen LogP contribution >= 0.6 is 0 Å². The fourth-order valence-electron chi connectivity index (χ4n) is 3.93. The Morgan fingerprint density at radius 3 is 2.10 bits per heavy atom. The first-order valence-electron chi connectivity index (χ1n) is 10.9. The topological polar surface area (TPSA) is 72.0 Å². The maximum absolute atomic E-state index is 12.7. The van der Waals surface area contributed by atoms with Crippen LogP contribution in [0.3, 0.4) is 0 Å². The highest BCUT2D eigenvalue weighted by Gasteiger charge is 2.26. The molecular weight excluding hydrogens is 380 g/mol. The maximum Gasteiger partial charge on any atom is 0.236 e. The molecule has 2 aliphatic heterocycles. The van der Waals surface area contributed by atoms with E-state index in [4.69, 9.17) is 0 Å². The molecule has 0 unspecified atom stereocenters. The first kappa shape index (κ1) is 22.7. The molecule has 1 aromatic heterocycles. The summed E-state index contributed by atoms with van der Waals surface area (Å²) in [5, 5.41) is 3.00. The van der Waals surface area contributed by atoms with Gasteiger partial charge in [0.05, 0.1) is 18.8 Å². The lowest BCUT2D eigenvalue weighted by atomic mass is 10.1. The fraction of sp³-hybridized carbons (Fsp3) is 0.682. The van der Waals surface area contributed by atoms with Crippen molar-refractivity contribution in [2.45, 2.75) is 32.9 Å². The van der Waals surface area contributed by atoms with Gasteiger partial charge in [-0.05, 0) is 32.9 Å². The molecule has 0 saturated carbocycles. The number of aromatic nitrogens is 1. The molecule has 2 amide bonds. The Kier molecular flexibility index (Phi) is 7.80. The zero-order chi connectivity index (χ0) is 21.6. The predicted molar refractivity (Wildman–Crippen MR) is 117 cm³/mol. The second-order valence-corrected chi connectivity index (χ2v) is 9.33. The van der Waals surface area contributed by atoms with Crippen LogP contribution in [-0.2, 0) is 16.1 Å². The van der Waals surface area contributed by atoms with Crippen LogP contribution in [0.2, 0.25) is 0 Å². The molecule has 0 spiro atoms. The van der Waals surface area contributed by atoms with E-state index in [2.05, 4.69) is 31.1 Å². The normalized spacial score (nSPS) is 19.6. The van der Waals surface area contributed by atoms with Crippen molar-refractivity contribution in [3.8, 4) is 0 Å². The largest absolute Gasteiger partial charge is 0.350 e. The highest BCUT2D eigenvalue weighted by molar-refractivity contribution is 5.79. The Morgan fingerprint density at radius 1 is 0.900 bits per heavy atom. The smallest absolute Gasteiger partial charge is 0.236 e. The van der Waals surface area contributed by atoms with Gasteiger partial charge in [-0.2, -0.15) is 0 Å². The average Bonchev–Trinajstić information content (AvgIpc) is 2.69. The molecule has 30 heavy (non-hydrogen) atoms. The molecule has 2 saturated heterocycles. The van der Waals surface area contributed by atoms with Gasteiger partial charge < -0.3 is 10.2 Å². The molecule has 0 radical (unpaired) electrons. The summed E-state index contributed by atoms with van der Waals surface area (Å²) < 4.78 is 0. The predicted octanol–water partition coefficient (Wildman–Crippen LogP) is 0.258. The van der Waals surface area contributed by atoms with Gasteiger partial charge in [0.15, 0.2) is 0 Å². The van der Waals surface area contributed by atoms with Crippen LogP contribution in [0, 0.1) is 0 Å². The third-order valence-corrected chi connectivity index (χ3v) is 5.54. The number of nitrogens with one attached hydrogen (secondary N) is 1. The summed E-state index contributed by atoms with van der Waals surface area (Å²) in [7, 11) is 0. The van der Waals surface area contributed by atoms with E-state index in [1.165, 1.54) is 0 Å². The first-order valence-corrected chi connectivity index (χ1v) is 10.9. The summed E-state index contributed by atoms with van der Waals surface area (Å²) in [6.45, 7) is 14.3. The van der Waals surface area contributed by atoms with Gasteiger partial charge >= 0.3 is 0 Å². The summed E-state index contributed by atoms with van der Waals surface area (Å²) in [6.07, 6.45) is 1.83. The van der Waals surface area contributed by atoms with Crippen molar-refractivity contribution in [2.24, 2.45) is 0 Å². The number of carbonyl (C=O) groups excluding carboxylic acids is 2. The van der Waals surface area contributed by atoms with Crippen LogP contribution < -0.4 is 5.32 Å². The van der Waals surface area contributed by atoms with Crippen LogP contribution in [0.15, 0.2) is 24.4 Å². The number of pyridine rings is 1. The van der Waals surface area contributed by atoms with E-state index in [0.29, 0.717) is 26.2 Å². The molecule has 0 atom stereocenters. The molecule has 2 aliphatic rings. The van der Waals surface area contributed by atoms with Crippen LogP contribution in [0.1, 0.15) is 26.5 Å². The van der Waals surface area contributed by atoms with Crippen molar-refractivity contribution in [2.75, 3.05) is 65.4 Å². The first-order chi connectivity index (χ1) is 14.3. The average molecular weight is 417 g/mol. The summed E-state index contributed by atoms with van der Waals surface area (Å²) >= 11 is 0. The molecule has 1 aromatic rings. The van der Waals surface area contributed by atoms with Gasteiger partial charge in [-0.3, -0.25) is 29.3 Å². The van der Waals surface area contributed by atoms with Gasteiger partial charge in [-0.1, -0.05) is 6.07 Å². The molecule has 0 aromatic carbocycles. The van der Waals surface area contributed by atoms with E-state index in [-0.39, 0.29) is 17.4 Å². The van der Waals surface area contributed by atoms with E-state index < -0.39 is 0 Å². The Morgan fingerprint density at radius 2 is 1.50 bits per heavy atom. The second kappa shape index (κ2) is 10.3. The van der Waals surface area contributed by atoms with E-state index >= 15 is 0 Å². The van der Waals surface area contributed by atoms with E-state index in [9.17, 15) is 9.59 Å². The van der Waals surface area contributed by atoms with Crippen LogP contribution in [0.25, 0.3) is 0 Å². The highest BCUT2D eigenvalue weighted by atomic mass is 16.2. The standard InChI is InChI=1S/C22H36N6O2/c1-22(2,3)24-20(29)17-26-12-14-28(15-13-26)21(30)18-27-10-8-25(9-11-27)16-19-6-4-5-7-23-19/h4-7H,8-18H2,1-3H3,(H,24,29). The minimum absolute atomic E-state index is 0.0471. The van der Waals surface area contributed by atoms with Crippen LogP contribution in [0.4, 0.5) is 0 Å². The number of rotatable bonds is 6. The Labute approximate surface area is 180 Å². The number of hydrogen-bond acceptors (Lipinski definition) is 6. The van der Waals surface area contributed by atoms with E-state index in [1.54, 1.807) is 0 Å². The summed E-state index contributed by atoms with van der Waals surface area (Å²) in [5.41, 5.74) is 0.882. The molecule has 8 heteroatoms. The van der Waals surface area contributed by atoms with E-state index in [0.717, 1.165) is 51.5 Å². The zero-order valence-corrected chi connectivity index (χ0v) is 18.6. The Bertz CT molecular complexity index is 689. The van der Waals surface area contributed by atoms with Crippen molar-refractivity contribution in [1.29, 1.82) is 0 Å². The molecule has 166 valence electrons. The monoisotopic (exact) mass is 416 g/mol. The van der Waals surface area contributed by atoms with Crippen LogP contribution in [-0.4, -0.2) is 107 Å². The third kappa shape index (κ3) is 7.34. The Hall–Kier alpha value is -2.03. The lowest BCUT2D eigenvalue weighted by molar-refractivity contribution is -0.135. The van der Waals surface area contributed by atoms with Crippen molar-refractivity contribution in [3.05, 3.63) is 30.1 Å². The molecule has 1 N–H and O–H groups in total. The van der Waals surface area contributed by atoms with Crippen molar-refractivity contribution in [1.82, 2.24) is 29.9 Å². The lowest BCUT2D eigenvalue weighted by Gasteiger charge is -2.38. The molecule has 8 nitrogen and oxygen atoms in total. The van der Waals surface area contributed by atoms with Gasteiger partial charge in [0.2, 0.25) is 11.8 Å². The minimum Gasteiger partial charge on any atom is -0.350 e. The number of carbonyl (C=O) groups is 2. The van der Waals surface area contributed by atoms with Gasteiger partial charge in [-0.25, -0.2) is 0 Å². The summed E-state index contributed by atoms with van der Waals surface area (Å²) in [6, 6.07) is 6.02. The highest BCUT2D eigenvalue weighted by Crippen LogP contribution is 2.09. The maximum atomic E-state index is 12.7. The van der Waals surface area contributed by atoms with Gasteiger partial charge in [0.25, 0.3) is 0 Å². The van der Waals surface area contributed by atoms with Gasteiger partial charge in [0.1, 0.15) is 0 Å². The molecule has 3 heterocycles. The van der Waals surface area contributed by atoms with Gasteiger partial charge in [-0.15, -0.1) is 0 Å². The van der Waals surface area contributed by atoms with Gasteiger partial charge in [0, 0.05) is 70.6 Å². The number of hydrogen-bond donors (Lipinski definition) is 1. The molecular formula is C22H36N6O2. The minimum atomic E-state index is -0.212. The lowest BCUT2D eigenvalue weighted by Crippen LogP contribution is -2.55. The molecule has 3 rings (SSSR count). The fourth-order valence-corrected chi connectivity index (χ4v) is 3.93. The third-order valence-electron chi connectivity index (χ3n) is 5.54. The molecule has 2 fully saturated rings. The molecule has 0 bridgehead atoms. The Balaban J connectivity index is 1.34. The quantitative estimate of drug-likeness (QED) is 0.717. The van der Waals surface area contributed by atoms with Crippen molar-refractivity contribution < 1.29 is 9.59 Å². The SMILES string of the molecule is CC(C)(C)NC(=O)CN1CCN(C(=O)CN2CCN(Cc3ccccn3)CC2)CC1. The number of nitrogens with zero attached hydrogens (tertiary/aromatic N) is 5. The number of amides is 2. The van der Waals surface area contributed by atoms with Crippen LogP contribution in [0.5, 0.6) is 0 Å². The molecule has 0 aliphatic carbocycles. The number of piperazine rings is 2. The summed E-state index contributed by atoms with van der Waals surface area (Å²) in [5.74, 6) is 0.248. The summed E-state index contributed by atoms with van der Waals surface area (Å²) in [4.78, 5) is 37.9. The van der Waals surface area contributed by atoms with Crippen molar-refractivity contribution in [3.63, 3.8) is 0 Å². The second-order valence-electron chi connectivity index (χ2n) is 9.33.